The maximum atomic E-state index is 11.9. The highest BCUT2D eigenvalue weighted by atomic mass is 16.6. The van der Waals surface area contributed by atoms with E-state index in [9.17, 15) is 9.59 Å². The average Bonchev–Trinajstić information content (AvgIpc) is 2.64. The summed E-state index contributed by atoms with van der Waals surface area (Å²) in [4.78, 5) is 23.7. The highest BCUT2D eigenvalue weighted by Crippen LogP contribution is 2.04. The maximum absolute atomic E-state index is 11.9. The fourth-order valence-corrected chi connectivity index (χ4v) is 1.98. The van der Waals surface area contributed by atoms with Crippen LogP contribution in [0.1, 0.15) is 11.1 Å². The molecule has 5 heteroatoms. The molecule has 2 rings (SSSR count). The van der Waals surface area contributed by atoms with E-state index < -0.39 is 18.1 Å². The van der Waals surface area contributed by atoms with Gasteiger partial charge in [0, 0.05) is 0 Å². The van der Waals surface area contributed by atoms with Crippen LogP contribution in [-0.4, -0.2) is 25.2 Å². The third kappa shape index (κ3) is 5.61. The molecule has 0 aliphatic rings. The SMILES string of the molecule is COC(=O)C(/C=C/c1ccccc1)NC(=O)OCc1ccccc1. The highest BCUT2D eigenvalue weighted by molar-refractivity contribution is 5.84. The lowest BCUT2D eigenvalue weighted by atomic mass is 10.2. The van der Waals surface area contributed by atoms with Crippen LogP contribution in [0.5, 0.6) is 0 Å². The molecule has 1 N–H and O–H groups in total. The summed E-state index contributed by atoms with van der Waals surface area (Å²) in [6, 6.07) is 17.8. The van der Waals surface area contributed by atoms with Crippen molar-refractivity contribution in [2.45, 2.75) is 12.6 Å². The molecular formula is C19H19NO4. The van der Waals surface area contributed by atoms with Crippen molar-refractivity contribution in [1.29, 1.82) is 0 Å². The predicted molar refractivity (Wildman–Crippen MR) is 91.0 cm³/mol. The molecule has 2 aromatic rings. The summed E-state index contributed by atoms with van der Waals surface area (Å²) in [7, 11) is 1.27. The number of hydrogen-bond acceptors (Lipinski definition) is 4. The van der Waals surface area contributed by atoms with Gasteiger partial charge in [-0.15, -0.1) is 0 Å². The molecule has 2 aromatic carbocycles. The van der Waals surface area contributed by atoms with Crippen molar-refractivity contribution in [3.8, 4) is 0 Å². The Balaban J connectivity index is 1.94. The summed E-state index contributed by atoms with van der Waals surface area (Å²) in [6.45, 7) is 0.128. The molecule has 0 bridgehead atoms. The molecule has 0 aliphatic heterocycles. The number of alkyl carbamates (subject to hydrolysis) is 1. The fraction of sp³-hybridized carbons (Fsp3) is 0.158. The molecule has 1 unspecified atom stereocenters. The Morgan fingerprint density at radius 3 is 2.29 bits per heavy atom. The molecule has 0 heterocycles. The van der Waals surface area contributed by atoms with Crippen molar-refractivity contribution in [2.24, 2.45) is 0 Å². The standard InChI is InChI=1S/C19H19NO4/c1-23-18(21)17(13-12-15-8-4-2-5-9-15)20-19(22)24-14-16-10-6-3-7-11-16/h2-13,17H,14H2,1H3,(H,20,22)/b13-12+. The van der Waals surface area contributed by atoms with E-state index in [1.165, 1.54) is 7.11 Å². The molecule has 1 atom stereocenters. The molecular weight excluding hydrogens is 306 g/mol. The Hall–Kier alpha value is -3.08. The summed E-state index contributed by atoms with van der Waals surface area (Å²) in [5.41, 5.74) is 1.77. The second-order valence-electron chi connectivity index (χ2n) is 4.98. The molecule has 0 fully saturated rings. The van der Waals surface area contributed by atoms with Crippen molar-refractivity contribution >= 4 is 18.1 Å². The quantitative estimate of drug-likeness (QED) is 0.829. The minimum absolute atomic E-state index is 0.128. The van der Waals surface area contributed by atoms with E-state index in [-0.39, 0.29) is 6.61 Å². The molecule has 0 saturated carbocycles. The first-order valence-corrected chi connectivity index (χ1v) is 7.47. The summed E-state index contributed by atoms with van der Waals surface area (Å²) < 4.78 is 9.82. The van der Waals surface area contributed by atoms with E-state index in [1.807, 2.05) is 60.7 Å². The molecule has 0 radical (unpaired) electrons. The van der Waals surface area contributed by atoms with Crippen LogP contribution in [0.2, 0.25) is 0 Å². The van der Waals surface area contributed by atoms with E-state index in [0.29, 0.717) is 0 Å². The topological polar surface area (TPSA) is 64.6 Å². The zero-order valence-corrected chi connectivity index (χ0v) is 13.3. The first kappa shape index (κ1) is 17.3. The zero-order valence-electron chi connectivity index (χ0n) is 13.3. The van der Waals surface area contributed by atoms with E-state index in [0.717, 1.165) is 11.1 Å². The van der Waals surface area contributed by atoms with Gasteiger partial charge in [-0.2, -0.15) is 0 Å². The van der Waals surface area contributed by atoms with E-state index >= 15 is 0 Å². The summed E-state index contributed by atoms with van der Waals surface area (Å²) in [5, 5.41) is 2.49. The van der Waals surface area contributed by atoms with Gasteiger partial charge in [0.05, 0.1) is 7.11 Å². The number of carbonyl (C=O) groups is 2. The monoisotopic (exact) mass is 325 g/mol. The maximum Gasteiger partial charge on any atom is 0.408 e. The van der Waals surface area contributed by atoms with Crippen LogP contribution in [0.25, 0.3) is 6.08 Å². The van der Waals surface area contributed by atoms with Crippen molar-refractivity contribution in [1.82, 2.24) is 5.32 Å². The van der Waals surface area contributed by atoms with Crippen LogP contribution in [0, 0.1) is 0 Å². The number of benzene rings is 2. The van der Waals surface area contributed by atoms with Gasteiger partial charge in [0.1, 0.15) is 12.6 Å². The van der Waals surface area contributed by atoms with E-state index in [2.05, 4.69) is 5.32 Å². The van der Waals surface area contributed by atoms with E-state index in [4.69, 9.17) is 9.47 Å². The first-order valence-electron chi connectivity index (χ1n) is 7.47. The van der Waals surface area contributed by atoms with Gasteiger partial charge < -0.3 is 14.8 Å². The minimum atomic E-state index is -0.918. The second kappa shape index (κ2) is 9.15. The van der Waals surface area contributed by atoms with Gasteiger partial charge >= 0.3 is 12.1 Å². The molecule has 0 spiro atoms. The van der Waals surface area contributed by atoms with Gasteiger partial charge in [0.15, 0.2) is 0 Å². The molecule has 24 heavy (non-hydrogen) atoms. The Morgan fingerprint density at radius 1 is 1.04 bits per heavy atom. The lowest BCUT2D eigenvalue weighted by molar-refractivity contribution is -0.141. The average molecular weight is 325 g/mol. The largest absolute Gasteiger partial charge is 0.467 e. The Kier molecular flexibility index (Phi) is 6.58. The molecule has 1 amide bonds. The Bertz CT molecular complexity index is 683. The number of methoxy groups -OCH3 is 1. The number of rotatable bonds is 6. The van der Waals surface area contributed by atoms with Gasteiger partial charge in [0.2, 0.25) is 0 Å². The lowest BCUT2D eigenvalue weighted by Gasteiger charge is -2.13. The number of ether oxygens (including phenoxy) is 2. The van der Waals surface area contributed by atoms with Gasteiger partial charge in [-0.05, 0) is 11.1 Å². The van der Waals surface area contributed by atoms with Gasteiger partial charge in [-0.25, -0.2) is 9.59 Å². The van der Waals surface area contributed by atoms with Crippen LogP contribution in [0.3, 0.4) is 0 Å². The van der Waals surface area contributed by atoms with E-state index in [1.54, 1.807) is 12.2 Å². The van der Waals surface area contributed by atoms with Crippen LogP contribution in [-0.2, 0) is 20.9 Å². The lowest BCUT2D eigenvalue weighted by Crippen LogP contribution is -2.40. The van der Waals surface area contributed by atoms with Crippen molar-refractivity contribution < 1.29 is 19.1 Å². The summed E-state index contributed by atoms with van der Waals surface area (Å²) in [6.07, 6.45) is 2.61. The van der Waals surface area contributed by atoms with Crippen molar-refractivity contribution in [2.75, 3.05) is 7.11 Å². The first-order chi connectivity index (χ1) is 11.7. The Labute approximate surface area is 140 Å². The Morgan fingerprint density at radius 2 is 1.67 bits per heavy atom. The van der Waals surface area contributed by atoms with Crippen molar-refractivity contribution in [3.63, 3.8) is 0 Å². The van der Waals surface area contributed by atoms with Gasteiger partial charge in [0.25, 0.3) is 0 Å². The van der Waals surface area contributed by atoms with Crippen LogP contribution >= 0.6 is 0 Å². The predicted octanol–water partition coefficient (Wildman–Crippen LogP) is 3.17. The molecule has 0 aromatic heterocycles. The number of hydrogen-bond donors (Lipinski definition) is 1. The summed E-state index contributed by atoms with van der Waals surface area (Å²) >= 11 is 0. The normalized spacial score (nSPS) is 11.7. The van der Waals surface area contributed by atoms with Gasteiger partial charge in [-0.1, -0.05) is 72.8 Å². The highest BCUT2D eigenvalue weighted by Gasteiger charge is 2.19. The minimum Gasteiger partial charge on any atom is -0.467 e. The van der Waals surface area contributed by atoms with Crippen LogP contribution < -0.4 is 5.32 Å². The smallest absolute Gasteiger partial charge is 0.408 e. The number of carbonyl (C=O) groups excluding carboxylic acids is 2. The van der Waals surface area contributed by atoms with Crippen molar-refractivity contribution in [3.05, 3.63) is 77.9 Å². The van der Waals surface area contributed by atoms with Crippen LogP contribution in [0.4, 0.5) is 4.79 Å². The zero-order chi connectivity index (χ0) is 17.2. The molecule has 0 saturated heterocycles. The van der Waals surface area contributed by atoms with Gasteiger partial charge in [-0.3, -0.25) is 0 Å². The number of amides is 1. The third-order valence-corrected chi connectivity index (χ3v) is 3.22. The number of esters is 1. The summed E-state index contributed by atoms with van der Waals surface area (Å²) in [5.74, 6) is -0.571. The molecule has 5 nitrogen and oxygen atoms in total. The second-order valence-corrected chi connectivity index (χ2v) is 4.98. The molecule has 124 valence electrons. The third-order valence-electron chi connectivity index (χ3n) is 3.22. The van der Waals surface area contributed by atoms with Crippen LogP contribution in [0.15, 0.2) is 66.7 Å². The fourth-order valence-electron chi connectivity index (χ4n) is 1.98. The number of nitrogens with one attached hydrogen (secondary N) is 1. The molecule has 0 aliphatic carbocycles.